The molecule has 30 heavy (non-hydrogen) atoms. The maximum Gasteiger partial charge on any atom is 0.238 e. The highest BCUT2D eigenvalue weighted by Crippen LogP contribution is 2.29. The number of para-hydroxylation sites is 5. The third-order valence-electron chi connectivity index (χ3n) is 5.09. The lowest BCUT2D eigenvalue weighted by Gasteiger charge is -2.35. The second-order valence-corrected chi connectivity index (χ2v) is 7.21. The molecule has 1 heterocycles. The summed E-state index contributed by atoms with van der Waals surface area (Å²) in [6, 6.07) is 24.3. The Morgan fingerprint density at radius 1 is 0.867 bits per heavy atom. The summed E-state index contributed by atoms with van der Waals surface area (Å²) in [6.45, 7) is 3.35. The average Bonchev–Trinajstić information content (AvgIpc) is 2.77. The number of benzene rings is 3. The Kier molecular flexibility index (Phi) is 6.15. The van der Waals surface area contributed by atoms with Crippen molar-refractivity contribution >= 4 is 17.3 Å². The van der Waals surface area contributed by atoms with Crippen LogP contribution in [0.5, 0.6) is 17.2 Å². The molecule has 6 nitrogen and oxygen atoms in total. The van der Waals surface area contributed by atoms with Crippen molar-refractivity contribution in [2.75, 3.05) is 42.9 Å². The van der Waals surface area contributed by atoms with Gasteiger partial charge in [0.15, 0.2) is 5.75 Å². The van der Waals surface area contributed by atoms with Crippen LogP contribution in [-0.2, 0) is 4.79 Å². The van der Waals surface area contributed by atoms with Gasteiger partial charge in [-0.3, -0.25) is 9.69 Å². The van der Waals surface area contributed by atoms with Crippen molar-refractivity contribution < 1.29 is 14.6 Å². The highest BCUT2D eigenvalue weighted by atomic mass is 16.5. The molecule has 0 bridgehead atoms. The van der Waals surface area contributed by atoms with Gasteiger partial charge in [0.2, 0.25) is 5.91 Å². The van der Waals surface area contributed by atoms with E-state index in [0.29, 0.717) is 23.7 Å². The number of rotatable bonds is 6. The lowest BCUT2D eigenvalue weighted by Crippen LogP contribution is -2.48. The fraction of sp³-hybridized carbons (Fsp3) is 0.208. The van der Waals surface area contributed by atoms with E-state index in [-0.39, 0.29) is 5.91 Å². The largest absolute Gasteiger partial charge is 0.506 e. The normalized spacial score (nSPS) is 14.3. The number of piperazine rings is 1. The summed E-state index contributed by atoms with van der Waals surface area (Å²) >= 11 is 0. The number of nitrogens with one attached hydrogen (secondary N) is 1. The summed E-state index contributed by atoms with van der Waals surface area (Å²) in [5.41, 5.74) is 1.49. The Hall–Kier alpha value is -3.51. The van der Waals surface area contributed by atoms with Gasteiger partial charge >= 0.3 is 0 Å². The molecule has 0 unspecified atom stereocenters. The molecule has 6 heteroatoms. The van der Waals surface area contributed by atoms with Crippen LogP contribution < -0.4 is 15.0 Å². The van der Waals surface area contributed by atoms with Crippen LogP contribution in [-0.4, -0.2) is 48.6 Å². The number of phenolic OH excluding ortho intramolecular Hbond substituents is 1. The predicted molar refractivity (Wildman–Crippen MR) is 118 cm³/mol. The summed E-state index contributed by atoms with van der Waals surface area (Å²) < 4.78 is 5.92. The molecule has 1 saturated heterocycles. The van der Waals surface area contributed by atoms with E-state index in [0.717, 1.165) is 37.6 Å². The summed E-state index contributed by atoms with van der Waals surface area (Å²) in [7, 11) is 0. The van der Waals surface area contributed by atoms with Crippen LogP contribution in [0, 0.1) is 0 Å². The maximum absolute atomic E-state index is 12.6. The molecule has 4 rings (SSSR count). The first-order valence-corrected chi connectivity index (χ1v) is 10.1. The summed E-state index contributed by atoms with van der Waals surface area (Å²) in [5, 5.41) is 13.0. The molecule has 1 fully saturated rings. The minimum Gasteiger partial charge on any atom is -0.506 e. The number of aromatic hydroxyl groups is 1. The first-order valence-electron chi connectivity index (χ1n) is 10.1. The van der Waals surface area contributed by atoms with Crippen molar-refractivity contribution in [3.63, 3.8) is 0 Å². The SMILES string of the molecule is O=C(CN1CCN(c2ccccc2O)CC1)Nc1ccccc1Oc1ccccc1. The number of phenols is 1. The van der Waals surface area contributed by atoms with Gasteiger partial charge in [0.05, 0.1) is 17.9 Å². The van der Waals surface area contributed by atoms with Crippen LogP contribution in [0.3, 0.4) is 0 Å². The van der Waals surface area contributed by atoms with Crippen LogP contribution in [0.4, 0.5) is 11.4 Å². The second-order valence-electron chi connectivity index (χ2n) is 7.21. The molecule has 2 N–H and O–H groups in total. The summed E-state index contributed by atoms with van der Waals surface area (Å²) in [5.74, 6) is 1.55. The molecule has 0 aromatic heterocycles. The number of hydrogen-bond donors (Lipinski definition) is 2. The zero-order valence-corrected chi connectivity index (χ0v) is 16.7. The quantitative estimate of drug-likeness (QED) is 0.653. The lowest BCUT2D eigenvalue weighted by molar-refractivity contribution is -0.117. The van der Waals surface area contributed by atoms with Gasteiger partial charge in [-0.2, -0.15) is 0 Å². The van der Waals surface area contributed by atoms with Crippen molar-refractivity contribution in [2.45, 2.75) is 0 Å². The summed E-state index contributed by atoms with van der Waals surface area (Å²) in [4.78, 5) is 16.9. The molecule has 0 radical (unpaired) electrons. The molecule has 1 aliphatic heterocycles. The number of carbonyl (C=O) groups is 1. The van der Waals surface area contributed by atoms with Crippen molar-refractivity contribution in [2.24, 2.45) is 0 Å². The topological polar surface area (TPSA) is 65.0 Å². The average molecular weight is 403 g/mol. The van der Waals surface area contributed by atoms with Gasteiger partial charge in [-0.25, -0.2) is 0 Å². The fourth-order valence-electron chi connectivity index (χ4n) is 3.55. The number of carbonyl (C=O) groups excluding carboxylic acids is 1. The fourth-order valence-corrected chi connectivity index (χ4v) is 3.55. The molecule has 3 aromatic rings. The van der Waals surface area contributed by atoms with Gasteiger partial charge < -0.3 is 20.1 Å². The van der Waals surface area contributed by atoms with Gasteiger partial charge in [-0.15, -0.1) is 0 Å². The molecule has 1 amide bonds. The summed E-state index contributed by atoms with van der Waals surface area (Å²) in [6.07, 6.45) is 0. The molecule has 0 aliphatic carbocycles. The zero-order chi connectivity index (χ0) is 20.8. The van der Waals surface area contributed by atoms with Crippen molar-refractivity contribution in [1.82, 2.24) is 4.90 Å². The predicted octanol–water partition coefficient (Wildman–Crippen LogP) is 3.95. The number of anilines is 2. The number of ether oxygens (including phenoxy) is 1. The Balaban J connectivity index is 1.32. The van der Waals surface area contributed by atoms with Crippen LogP contribution >= 0.6 is 0 Å². The lowest BCUT2D eigenvalue weighted by atomic mass is 10.2. The highest BCUT2D eigenvalue weighted by molar-refractivity contribution is 5.93. The van der Waals surface area contributed by atoms with Gasteiger partial charge in [0.25, 0.3) is 0 Å². The van der Waals surface area contributed by atoms with Crippen LogP contribution in [0.1, 0.15) is 0 Å². The standard InChI is InChI=1S/C24H25N3O3/c28-22-12-6-5-11-21(22)27-16-14-26(15-17-27)18-24(29)25-20-10-4-7-13-23(20)30-19-8-2-1-3-9-19/h1-13,28H,14-18H2,(H,25,29). The molecular weight excluding hydrogens is 378 g/mol. The van der Waals surface area contributed by atoms with E-state index in [4.69, 9.17) is 4.74 Å². The highest BCUT2D eigenvalue weighted by Gasteiger charge is 2.21. The molecule has 0 atom stereocenters. The second kappa shape index (κ2) is 9.33. The minimum absolute atomic E-state index is 0.0740. The number of nitrogens with zero attached hydrogens (tertiary/aromatic N) is 2. The monoisotopic (exact) mass is 403 g/mol. The zero-order valence-electron chi connectivity index (χ0n) is 16.7. The van der Waals surface area contributed by atoms with Crippen LogP contribution in [0.15, 0.2) is 78.9 Å². The van der Waals surface area contributed by atoms with Gasteiger partial charge in [-0.1, -0.05) is 42.5 Å². The van der Waals surface area contributed by atoms with Gasteiger partial charge in [-0.05, 0) is 36.4 Å². The third-order valence-corrected chi connectivity index (χ3v) is 5.09. The van der Waals surface area contributed by atoms with E-state index in [9.17, 15) is 9.90 Å². The van der Waals surface area contributed by atoms with Crippen molar-refractivity contribution in [3.05, 3.63) is 78.9 Å². The van der Waals surface area contributed by atoms with Gasteiger partial charge in [0, 0.05) is 26.2 Å². The van der Waals surface area contributed by atoms with Gasteiger partial charge in [0.1, 0.15) is 11.5 Å². The molecular formula is C24H25N3O3. The van der Waals surface area contributed by atoms with Crippen LogP contribution in [0.25, 0.3) is 0 Å². The molecule has 0 saturated carbocycles. The molecule has 0 spiro atoms. The maximum atomic E-state index is 12.6. The minimum atomic E-state index is -0.0740. The Morgan fingerprint density at radius 3 is 2.30 bits per heavy atom. The van der Waals surface area contributed by atoms with E-state index >= 15 is 0 Å². The first-order chi connectivity index (χ1) is 14.7. The van der Waals surface area contributed by atoms with E-state index in [2.05, 4.69) is 15.1 Å². The van der Waals surface area contributed by atoms with E-state index in [1.54, 1.807) is 6.07 Å². The Bertz CT molecular complexity index is 986. The molecule has 1 aliphatic rings. The smallest absolute Gasteiger partial charge is 0.238 e. The van der Waals surface area contributed by atoms with Crippen LogP contribution in [0.2, 0.25) is 0 Å². The molecule has 3 aromatic carbocycles. The Labute approximate surface area is 176 Å². The molecule has 154 valence electrons. The van der Waals surface area contributed by atoms with Crippen molar-refractivity contribution in [3.8, 4) is 17.2 Å². The van der Waals surface area contributed by atoms with E-state index in [1.165, 1.54) is 0 Å². The third kappa shape index (κ3) is 4.90. The van der Waals surface area contributed by atoms with E-state index in [1.807, 2.05) is 72.8 Å². The first kappa shape index (κ1) is 19.8. The number of hydrogen-bond acceptors (Lipinski definition) is 5. The van der Waals surface area contributed by atoms with E-state index < -0.39 is 0 Å². The number of amides is 1. The Morgan fingerprint density at radius 2 is 1.53 bits per heavy atom. The van der Waals surface area contributed by atoms with Crippen molar-refractivity contribution in [1.29, 1.82) is 0 Å².